The molecule has 2 aromatic carbocycles. The van der Waals surface area contributed by atoms with Crippen molar-refractivity contribution in [1.29, 1.82) is 0 Å². The van der Waals surface area contributed by atoms with E-state index in [4.69, 9.17) is 11.6 Å². The molecule has 0 heterocycles. The van der Waals surface area contributed by atoms with Gasteiger partial charge in [-0.15, -0.1) is 0 Å². The van der Waals surface area contributed by atoms with Gasteiger partial charge in [0.2, 0.25) is 0 Å². The van der Waals surface area contributed by atoms with E-state index in [9.17, 15) is 9.18 Å². The van der Waals surface area contributed by atoms with Crippen molar-refractivity contribution in [2.75, 3.05) is 6.54 Å². The highest BCUT2D eigenvalue weighted by atomic mass is 35.5. The van der Waals surface area contributed by atoms with Crippen LogP contribution >= 0.6 is 11.6 Å². The summed E-state index contributed by atoms with van der Waals surface area (Å²) >= 11 is 6.13. The Balaban J connectivity index is 2.26. The third kappa shape index (κ3) is 4.55. The van der Waals surface area contributed by atoms with Gasteiger partial charge in [-0.05, 0) is 37.1 Å². The van der Waals surface area contributed by atoms with Crippen LogP contribution in [0.2, 0.25) is 5.02 Å². The molecule has 2 nitrogen and oxygen atoms in total. The maximum absolute atomic E-state index is 14.1. The monoisotopic (exact) mass is 333 g/mol. The minimum Gasteiger partial charge on any atom is -0.334 e. The zero-order valence-corrected chi connectivity index (χ0v) is 14.2. The van der Waals surface area contributed by atoms with E-state index in [0.717, 1.165) is 18.4 Å². The van der Waals surface area contributed by atoms with Gasteiger partial charge >= 0.3 is 0 Å². The van der Waals surface area contributed by atoms with Crippen LogP contribution in [0, 0.1) is 12.7 Å². The molecule has 4 heteroatoms. The maximum Gasteiger partial charge on any atom is 0.255 e. The van der Waals surface area contributed by atoms with Gasteiger partial charge in [-0.25, -0.2) is 4.39 Å². The number of unbranched alkanes of at least 4 members (excludes halogenated alkanes) is 1. The minimum atomic E-state index is -0.279. The van der Waals surface area contributed by atoms with E-state index in [0.29, 0.717) is 22.7 Å². The summed E-state index contributed by atoms with van der Waals surface area (Å²) in [5.41, 5.74) is 1.84. The average molecular weight is 334 g/mol. The van der Waals surface area contributed by atoms with E-state index in [-0.39, 0.29) is 18.3 Å². The Bertz CT molecular complexity index is 687. The van der Waals surface area contributed by atoms with Crippen molar-refractivity contribution < 1.29 is 9.18 Å². The summed E-state index contributed by atoms with van der Waals surface area (Å²) in [4.78, 5) is 14.4. The quantitative estimate of drug-likeness (QED) is 0.708. The second kappa shape index (κ2) is 8.11. The molecule has 0 fully saturated rings. The van der Waals surface area contributed by atoms with E-state index in [1.807, 2.05) is 13.0 Å². The van der Waals surface area contributed by atoms with E-state index in [1.54, 1.807) is 35.2 Å². The minimum absolute atomic E-state index is 0.163. The Kier molecular flexibility index (Phi) is 6.17. The van der Waals surface area contributed by atoms with Gasteiger partial charge in [0.15, 0.2) is 0 Å². The number of aryl methyl sites for hydroxylation is 1. The summed E-state index contributed by atoms with van der Waals surface area (Å²) in [6, 6.07) is 12.1. The lowest BCUT2D eigenvalue weighted by Crippen LogP contribution is -2.32. The zero-order valence-electron chi connectivity index (χ0n) is 13.5. The largest absolute Gasteiger partial charge is 0.334 e. The third-order valence-corrected chi connectivity index (χ3v) is 4.07. The van der Waals surface area contributed by atoms with Crippen LogP contribution in [0.3, 0.4) is 0 Å². The zero-order chi connectivity index (χ0) is 16.8. The number of benzene rings is 2. The summed E-state index contributed by atoms with van der Waals surface area (Å²) in [6.45, 7) is 4.73. The van der Waals surface area contributed by atoms with Crippen molar-refractivity contribution in [3.8, 4) is 0 Å². The molecule has 0 aliphatic heterocycles. The first kappa shape index (κ1) is 17.5. The summed E-state index contributed by atoms with van der Waals surface area (Å²) < 4.78 is 14.1. The van der Waals surface area contributed by atoms with Crippen LogP contribution in [0.25, 0.3) is 0 Å². The molecule has 1 amide bonds. The van der Waals surface area contributed by atoms with E-state index >= 15 is 0 Å². The van der Waals surface area contributed by atoms with Crippen LogP contribution in [0.1, 0.15) is 41.3 Å². The molecule has 23 heavy (non-hydrogen) atoms. The number of carbonyl (C=O) groups excluding carboxylic acids is 1. The average Bonchev–Trinajstić information content (AvgIpc) is 2.53. The molecule has 0 aromatic heterocycles. The van der Waals surface area contributed by atoms with E-state index < -0.39 is 0 Å². The lowest BCUT2D eigenvalue weighted by atomic mass is 10.1. The molecule has 0 saturated heterocycles. The molecule has 0 saturated carbocycles. The fourth-order valence-electron chi connectivity index (χ4n) is 2.39. The molecule has 0 unspecified atom stereocenters. The van der Waals surface area contributed by atoms with Crippen molar-refractivity contribution in [1.82, 2.24) is 4.90 Å². The van der Waals surface area contributed by atoms with Gasteiger partial charge in [-0.2, -0.15) is 0 Å². The van der Waals surface area contributed by atoms with Gasteiger partial charge in [0.05, 0.1) is 10.6 Å². The number of hydrogen-bond donors (Lipinski definition) is 0. The molecule has 0 bridgehead atoms. The Morgan fingerprint density at radius 1 is 1.22 bits per heavy atom. The Morgan fingerprint density at radius 2 is 1.96 bits per heavy atom. The fourth-order valence-corrected chi connectivity index (χ4v) is 2.61. The van der Waals surface area contributed by atoms with Crippen molar-refractivity contribution in [2.45, 2.75) is 33.2 Å². The fraction of sp³-hybridized carbons (Fsp3) is 0.316. The number of hydrogen-bond acceptors (Lipinski definition) is 1. The van der Waals surface area contributed by atoms with Crippen molar-refractivity contribution in [3.05, 3.63) is 70.0 Å². The predicted molar refractivity (Wildman–Crippen MR) is 92.2 cm³/mol. The normalized spacial score (nSPS) is 10.6. The topological polar surface area (TPSA) is 20.3 Å². The molecule has 0 aliphatic rings. The number of rotatable bonds is 6. The first-order chi connectivity index (χ1) is 11.0. The van der Waals surface area contributed by atoms with Gasteiger partial charge in [0.1, 0.15) is 5.82 Å². The summed E-state index contributed by atoms with van der Waals surface area (Å²) in [5.74, 6) is -0.442. The molecular formula is C19H21ClFNO. The van der Waals surface area contributed by atoms with Crippen LogP contribution < -0.4 is 0 Å². The van der Waals surface area contributed by atoms with Gasteiger partial charge in [0, 0.05) is 18.7 Å². The number of nitrogens with zero attached hydrogens (tertiary/aromatic N) is 1. The molecule has 0 radical (unpaired) electrons. The van der Waals surface area contributed by atoms with Crippen molar-refractivity contribution in [3.63, 3.8) is 0 Å². The lowest BCUT2D eigenvalue weighted by Gasteiger charge is -2.23. The van der Waals surface area contributed by atoms with Crippen LogP contribution in [0.5, 0.6) is 0 Å². The number of amides is 1. The Labute approximate surface area is 141 Å². The number of halogens is 2. The molecule has 0 spiro atoms. The van der Waals surface area contributed by atoms with Crippen molar-refractivity contribution >= 4 is 17.5 Å². The SMILES string of the molecule is CCCCN(Cc1ccc(C)cc1F)C(=O)c1ccccc1Cl. The third-order valence-electron chi connectivity index (χ3n) is 3.74. The van der Waals surface area contributed by atoms with Gasteiger partial charge in [0.25, 0.3) is 5.91 Å². The molecule has 2 rings (SSSR count). The maximum atomic E-state index is 14.1. The van der Waals surface area contributed by atoms with Gasteiger partial charge in [-0.1, -0.05) is 49.2 Å². The van der Waals surface area contributed by atoms with Crippen LogP contribution in [0.4, 0.5) is 4.39 Å². The summed E-state index contributed by atoms with van der Waals surface area (Å²) in [7, 11) is 0. The van der Waals surface area contributed by atoms with Crippen LogP contribution in [-0.2, 0) is 6.54 Å². The predicted octanol–water partition coefficient (Wildman–Crippen LogP) is 5.23. The van der Waals surface area contributed by atoms with Gasteiger partial charge in [-0.3, -0.25) is 4.79 Å². The highest BCUT2D eigenvalue weighted by Crippen LogP contribution is 2.20. The standard InChI is InChI=1S/C19H21ClFNO/c1-3-4-11-22(13-15-10-9-14(2)12-18(15)21)19(23)16-7-5-6-8-17(16)20/h5-10,12H,3-4,11,13H2,1-2H3. The molecule has 122 valence electrons. The highest BCUT2D eigenvalue weighted by Gasteiger charge is 2.19. The van der Waals surface area contributed by atoms with E-state index in [2.05, 4.69) is 6.92 Å². The summed E-state index contributed by atoms with van der Waals surface area (Å²) in [5, 5.41) is 0.420. The smallest absolute Gasteiger partial charge is 0.255 e. The van der Waals surface area contributed by atoms with Crippen LogP contribution in [-0.4, -0.2) is 17.4 Å². The first-order valence-electron chi connectivity index (χ1n) is 7.81. The molecule has 0 N–H and O–H groups in total. The molecule has 2 aromatic rings. The van der Waals surface area contributed by atoms with Crippen LogP contribution in [0.15, 0.2) is 42.5 Å². The Hall–Kier alpha value is -1.87. The highest BCUT2D eigenvalue weighted by molar-refractivity contribution is 6.33. The van der Waals surface area contributed by atoms with Crippen molar-refractivity contribution in [2.24, 2.45) is 0 Å². The second-order valence-corrected chi connectivity index (χ2v) is 6.06. The lowest BCUT2D eigenvalue weighted by molar-refractivity contribution is 0.0739. The molecular weight excluding hydrogens is 313 g/mol. The molecule has 0 aliphatic carbocycles. The second-order valence-electron chi connectivity index (χ2n) is 5.65. The Morgan fingerprint density at radius 3 is 2.61 bits per heavy atom. The number of carbonyl (C=O) groups is 1. The van der Waals surface area contributed by atoms with E-state index in [1.165, 1.54) is 6.07 Å². The molecule has 0 atom stereocenters. The van der Waals surface area contributed by atoms with Gasteiger partial charge < -0.3 is 4.90 Å². The first-order valence-corrected chi connectivity index (χ1v) is 8.19. The summed E-state index contributed by atoms with van der Waals surface area (Å²) in [6.07, 6.45) is 1.83.